The predicted octanol–water partition coefficient (Wildman–Crippen LogP) is 4.72. The molecule has 0 heterocycles. The van der Waals surface area contributed by atoms with E-state index in [-0.39, 0.29) is 11.5 Å². The third-order valence-corrected chi connectivity index (χ3v) is 3.44. The summed E-state index contributed by atoms with van der Waals surface area (Å²) in [6.45, 7) is 6.51. The van der Waals surface area contributed by atoms with Crippen molar-refractivity contribution in [3.05, 3.63) is 33.8 Å². The molecule has 0 aliphatic rings. The normalized spacial score (nSPS) is 13.8. The Kier molecular flexibility index (Phi) is 5.30. The van der Waals surface area contributed by atoms with Crippen molar-refractivity contribution < 1.29 is 5.11 Å². The second kappa shape index (κ2) is 6.08. The summed E-state index contributed by atoms with van der Waals surface area (Å²) in [7, 11) is 0. The van der Waals surface area contributed by atoms with E-state index < -0.39 is 0 Å². The van der Waals surface area contributed by atoms with Crippen molar-refractivity contribution in [2.24, 2.45) is 5.41 Å². The van der Waals surface area contributed by atoms with Gasteiger partial charge in [-0.1, -0.05) is 50.0 Å². The van der Waals surface area contributed by atoms with E-state index in [9.17, 15) is 5.11 Å². The van der Waals surface area contributed by atoms with Crippen molar-refractivity contribution in [2.45, 2.75) is 46.1 Å². The van der Waals surface area contributed by atoms with Crippen LogP contribution in [0.25, 0.3) is 0 Å². The van der Waals surface area contributed by atoms with Crippen LogP contribution in [0, 0.1) is 5.41 Å². The van der Waals surface area contributed by atoms with Crippen molar-refractivity contribution in [2.75, 3.05) is 0 Å². The smallest absolute Gasteiger partial charge is 0.0581 e. The van der Waals surface area contributed by atoms with Gasteiger partial charge in [0, 0.05) is 16.5 Å². The van der Waals surface area contributed by atoms with Crippen LogP contribution in [0.3, 0.4) is 0 Å². The first-order valence-electron chi connectivity index (χ1n) is 5.90. The van der Waals surface area contributed by atoms with E-state index in [2.05, 4.69) is 20.8 Å². The summed E-state index contributed by atoms with van der Waals surface area (Å²) in [5.74, 6) is 0. The molecule has 0 saturated heterocycles. The lowest BCUT2D eigenvalue weighted by atomic mass is 9.88. The largest absolute Gasteiger partial charge is 0.393 e. The number of rotatable bonds is 4. The van der Waals surface area contributed by atoms with Gasteiger partial charge in [0.05, 0.1) is 6.10 Å². The van der Waals surface area contributed by atoms with Crippen LogP contribution in [-0.4, -0.2) is 11.2 Å². The van der Waals surface area contributed by atoms with Gasteiger partial charge in [-0.25, -0.2) is 0 Å². The zero-order valence-corrected chi connectivity index (χ0v) is 12.1. The topological polar surface area (TPSA) is 20.2 Å². The fourth-order valence-corrected chi connectivity index (χ4v) is 2.22. The number of halogens is 2. The highest BCUT2D eigenvalue weighted by Crippen LogP contribution is 2.28. The molecule has 96 valence electrons. The van der Waals surface area contributed by atoms with Crippen LogP contribution in [0.2, 0.25) is 10.0 Å². The summed E-state index contributed by atoms with van der Waals surface area (Å²) >= 11 is 12.1. The fourth-order valence-electron chi connectivity index (χ4n) is 1.66. The molecule has 1 aromatic carbocycles. The quantitative estimate of drug-likeness (QED) is 0.842. The molecule has 1 unspecified atom stereocenters. The van der Waals surface area contributed by atoms with Gasteiger partial charge in [-0.05, 0) is 36.0 Å². The van der Waals surface area contributed by atoms with Crippen LogP contribution in [0.5, 0.6) is 0 Å². The molecule has 1 nitrogen and oxygen atoms in total. The maximum Gasteiger partial charge on any atom is 0.0581 e. The van der Waals surface area contributed by atoms with Crippen molar-refractivity contribution in [3.63, 3.8) is 0 Å². The highest BCUT2D eigenvalue weighted by Gasteiger charge is 2.16. The number of hydrogen-bond donors (Lipinski definition) is 1. The first kappa shape index (κ1) is 14.8. The third kappa shape index (κ3) is 5.29. The lowest BCUT2D eigenvalue weighted by Crippen LogP contribution is -2.15. The van der Waals surface area contributed by atoms with Gasteiger partial charge in [0.25, 0.3) is 0 Å². The lowest BCUT2D eigenvalue weighted by Gasteiger charge is -2.20. The van der Waals surface area contributed by atoms with Crippen molar-refractivity contribution in [1.29, 1.82) is 0 Å². The molecule has 0 amide bonds. The molecule has 0 saturated carbocycles. The summed E-state index contributed by atoms with van der Waals surface area (Å²) in [6.07, 6.45) is 1.89. The maximum absolute atomic E-state index is 10.00. The molecule has 0 aromatic heterocycles. The Labute approximate surface area is 114 Å². The second-order valence-electron chi connectivity index (χ2n) is 5.66. The SMILES string of the molecule is CC(C)(C)CCC(O)Cc1c(Cl)cccc1Cl. The summed E-state index contributed by atoms with van der Waals surface area (Å²) in [6, 6.07) is 5.42. The minimum atomic E-state index is -0.383. The molecule has 0 aliphatic heterocycles. The third-order valence-electron chi connectivity index (χ3n) is 2.73. The van der Waals surface area contributed by atoms with Crippen LogP contribution < -0.4 is 0 Å². The number of hydrogen-bond acceptors (Lipinski definition) is 1. The minimum Gasteiger partial charge on any atom is -0.393 e. The van der Waals surface area contributed by atoms with E-state index in [1.54, 1.807) is 12.1 Å². The molecule has 1 aromatic rings. The molecule has 0 fully saturated rings. The van der Waals surface area contributed by atoms with Crippen LogP contribution in [0.15, 0.2) is 18.2 Å². The van der Waals surface area contributed by atoms with E-state index in [1.807, 2.05) is 6.07 Å². The highest BCUT2D eigenvalue weighted by atomic mass is 35.5. The van der Waals surface area contributed by atoms with E-state index in [0.717, 1.165) is 18.4 Å². The summed E-state index contributed by atoms with van der Waals surface area (Å²) < 4.78 is 0. The van der Waals surface area contributed by atoms with Crippen LogP contribution >= 0.6 is 23.2 Å². The molecule has 1 N–H and O–H groups in total. The van der Waals surface area contributed by atoms with E-state index in [4.69, 9.17) is 23.2 Å². The van der Waals surface area contributed by atoms with Gasteiger partial charge >= 0.3 is 0 Å². The zero-order chi connectivity index (χ0) is 13.1. The average molecular weight is 275 g/mol. The molecule has 1 rings (SSSR count). The van der Waals surface area contributed by atoms with Gasteiger partial charge in [-0.15, -0.1) is 0 Å². The Bertz CT molecular complexity index is 349. The highest BCUT2D eigenvalue weighted by molar-refractivity contribution is 6.35. The van der Waals surface area contributed by atoms with Crippen LogP contribution in [-0.2, 0) is 6.42 Å². The molecule has 1 atom stereocenters. The van der Waals surface area contributed by atoms with Crippen LogP contribution in [0.4, 0.5) is 0 Å². The van der Waals surface area contributed by atoms with Gasteiger partial charge in [0.2, 0.25) is 0 Å². The summed E-state index contributed by atoms with van der Waals surface area (Å²) in [5, 5.41) is 11.3. The number of benzene rings is 1. The zero-order valence-electron chi connectivity index (χ0n) is 10.6. The van der Waals surface area contributed by atoms with E-state index in [1.165, 1.54) is 0 Å². The summed E-state index contributed by atoms with van der Waals surface area (Å²) in [5.41, 5.74) is 1.09. The number of aliphatic hydroxyl groups excluding tert-OH is 1. The molecule has 0 bridgehead atoms. The second-order valence-corrected chi connectivity index (χ2v) is 6.47. The Morgan fingerprint density at radius 3 is 2.18 bits per heavy atom. The molecule has 0 radical (unpaired) electrons. The van der Waals surface area contributed by atoms with Gasteiger partial charge in [0.1, 0.15) is 0 Å². The van der Waals surface area contributed by atoms with Gasteiger partial charge < -0.3 is 5.11 Å². The molecule has 0 aliphatic carbocycles. The van der Waals surface area contributed by atoms with Gasteiger partial charge in [-0.3, -0.25) is 0 Å². The standard InChI is InChI=1S/C14H20Cl2O/c1-14(2,3)8-7-10(17)9-11-12(15)5-4-6-13(11)16/h4-6,10,17H,7-9H2,1-3H3. The maximum atomic E-state index is 10.00. The Balaban J connectivity index is 2.59. The van der Waals surface area contributed by atoms with Crippen LogP contribution in [0.1, 0.15) is 39.2 Å². The van der Waals surface area contributed by atoms with Crippen molar-refractivity contribution >= 4 is 23.2 Å². The molecule has 0 spiro atoms. The first-order valence-corrected chi connectivity index (χ1v) is 6.66. The van der Waals surface area contributed by atoms with Crippen molar-refractivity contribution in [1.82, 2.24) is 0 Å². The Morgan fingerprint density at radius 1 is 1.18 bits per heavy atom. The molecule has 17 heavy (non-hydrogen) atoms. The lowest BCUT2D eigenvalue weighted by molar-refractivity contribution is 0.146. The monoisotopic (exact) mass is 274 g/mol. The Hall–Kier alpha value is -0.240. The molecular formula is C14H20Cl2O. The van der Waals surface area contributed by atoms with Gasteiger partial charge in [-0.2, -0.15) is 0 Å². The Morgan fingerprint density at radius 2 is 1.71 bits per heavy atom. The van der Waals surface area contributed by atoms with Gasteiger partial charge in [0.15, 0.2) is 0 Å². The average Bonchev–Trinajstić information content (AvgIpc) is 2.20. The van der Waals surface area contributed by atoms with E-state index in [0.29, 0.717) is 16.5 Å². The predicted molar refractivity (Wildman–Crippen MR) is 74.9 cm³/mol. The molecular weight excluding hydrogens is 255 g/mol. The fraction of sp³-hybridized carbons (Fsp3) is 0.571. The van der Waals surface area contributed by atoms with E-state index >= 15 is 0 Å². The minimum absolute atomic E-state index is 0.241. The molecule has 3 heteroatoms. The van der Waals surface area contributed by atoms with Crippen molar-refractivity contribution in [3.8, 4) is 0 Å². The first-order chi connectivity index (χ1) is 7.79. The number of aliphatic hydroxyl groups is 1. The summed E-state index contributed by atoms with van der Waals surface area (Å²) in [4.78, 5) is 0.